The predicted octanol–water partition coefficient (Wildman–Crippen LogP) is 1.17. The maximum absolute atomic E-state index is 11.0. The fraction of sp³-hybridized carbons (Fsp3) is 0.667. The van der Waals surface area contributed by atoms with Crippen LogP contribution < -0.4 is 11.1 Å². The summed E-state index contributed by atoms with van der Waals surface area (Å²) in [5.74, 6) is 0.261. The van der Waals surface area contributed by atoms with Gasteiger partial charge in [0.25, 0.3) is 0 Å². The fourth-order valence-electron chi connectivity index (χ4n) is 2.45. The molecule has 20 heavy (non-hydrogen) atoms. The highest BCUT2D eigenvalue weighted by Crippen LogP contribution is 2.25. The number of likely N-dealkylation sites (tertiary alicyclic amines) is 1. The first-order valence-electron chi connectivity index (χ1n) is 6.82. The average Bonchev–Trinajstić information content (AvgIpc) is 2.86. The second-order valence-electron chi connectivity index (χ2n) is 4.95. The molecule has 3 N–H and O–H groups in total. The molecular formula is C12H20N6O2. The molecule has 1 aliphatic rings. The molecule has 0 bridgehead atoms. The Balaban J connectivity index is 1.92. The smallest absolute Gasteiger partial charge is 0.332 e. The van der Waals surface area contributed by atoms with E-state index in [1.54, 1.807) is 6.92 Å². The molecule has 2 rings (SSSR count). The molecule has 0 aliphatic carbocycles. The van der Waals surface area contributed by atoms with Crippen molar-refractivity contribution in [2.24, 2.45) is 0 Å². The molecule has 0 spiro atoms. The first-order valence-corrected chi connectivity index (χ1v) is 6.82. The van der Waals surface area contributed by atoms with Crippen LogP contribution in [-0.2, 0) is 0 Å². The summed E-state index contributed by atoms with van der Waals surface area (Å²) in [5.41, 5.74) is 5.72. The molecule has 1 aromatic rings. The number of nitrogen functional groups attached to an aromatic ring is 1. The van der Waals surface area contributed by atoms with Crippen molar-refractivity contribution in [1.29, 1.82) is 0 Å². The van der Waals surface area contributed by atoms with Crippen molar-refractivity contribution >= 4 is 17.5 Å². The van der Waals surface area contributed by atoms with Crippen LogP contribution in [0.5, 0.6) is 0 Å². The molecule has 1 saturated heterocycles. The van der Waals surface area contributed by atoms with Crippen molar-refractivity contribution in [2.75, 3.05) is 37.2 Å². The molecule has 8 nitrogen and oxygen atoms in total. The van der Waals surface area contributed by atoms with E-state index < -0.39 is 4.92 Å². The second-order valence-corrected chi connectivity index (χ2v) is 4.95. The van der Waals surface area contributed by atoms with Crippen molar-refractivity contribution in [3.05, 3.63) is 15.8 Å². The number of hydrogen-bond acceptors (Lipinski definition) is 7. The molecule has 0 saturated carbocycles. The lowest BCUT2D eigenvalue weighted by Gasteiger charge is -2.14. The van der Waals surface area contributed by atoms with Crippen molar-refractivity contribution < 1.29 is 4.92 Å². The monoisotopic (exact) mass is 280 g/mol. The molecule has 0 atom stereocenters. The lowest BCUT2D eigenvalue weighted by Crippen LogP contribution is -2.22. The number of nitrogens with zero attached hydrogens (tertiary/aromatic N) is 4. The molecule has 8 heteroatoms. The summed E-state index contributed by atoms with van der Waals surface area (Å²) < 4.78 is 0. The zero-order chi connectivity index (χ0) is 14.5. The van der Waals surface area contributed by atoms with Gasteiger partial charge in [-0.05, 0) is 45.8 Å². The van der Waals surface area contributed by atoms with E-state index in [1.165, 1.54) is 12.8 Å². The van der Waals surface area contributed by atoms with Gasteiger partial charge in [0.2, 0.25) is 11.8 Å². The Bertz CT molecular complexity index is 487. The van der Waals surface area contributed by atoms with E-state index in [0.29, 0.717) is 6.54 Å². The Morgan fingerprint density at radius 3 is 2.75 bits per heavy atom. The Labute approximate surface area is 117 Å². The first-order chi connectivity index (χ1) is 9.58. The average molecular weight is 280 g/mol. The van der Waals surface area contributed by atoms with Gasteiger partial charge in [0, 0.05) is 6.54 Å². The van der Waals surface area contributed by atoms with Gasteiger partial charge in [-0.15, -0.1) is 0 Å². The highest BCUT2D eigenvalue weighted by Gasteiger charge is 2.21. The standard InChI is InChI=1S/C12H20N6O2/c1-9-10(18(19)20)11(16-12(13)15-9)14-5-4-8-17-6-2-3-7-17/h2-8H2,1H3,(H3,13,14,15,16). The van der Waals surface area contributed by atoms with Crippen molar-refractivity contribution in [1.82, 2.24) is 14.9 Å². The molecular weight excluding hydrogens is 260 g/mol. The predicted molar refractivity (Wildman–Crippen MR) is 76.6 cm³/mol. The van der Waals surface area contributed by atoms with E-state index in [9.17, 15) is 10.1 Å². The van der Waals surface area contributed by atoms with Gasteiger partial charge in [0.15, 0.2) is 0 Å². The van der Waals surface area contributed by atoms with Crippen molar-refractivity contribution in [3.63, 3.8) is 0 Å². The normalized spacial score (nSPS) is 15.4. The number of nitro groups is 1. The summed E-state index contributed by atoms with van der Waals surface area (Å²) in [4.78, 5) is 20.7. The quantitative estimate of drug-likeness (QED) is 0.457. The van der Waals surface area contributed by atoms with Gasteiger partial charge in [0.1, 0.15) is 5.69 Å². The van der Waals surface area contributed by atoms with Gasteiger partial charge in [0.05, 0.1) is 4.92 Å². The number of anilines is 2. The van der Waals surface area contributed by atoms with E-state index in [1.807, 2.05) is 0 Å². The van der Waals surface area contributed by atoms with Gasteiger partial charge in [-0.25, -0.2) is 4.98 Å². The van der Waals surface area contributed by atoms with E-state index >= 15 is 0 Å². The van der Waals surface area contributed by atoms with Crippen LogP contribution in [0.3, 0.4) is 0 Å². The summed E-state index contributed by atoms with van der Waals surface area (Å²) in [6.45, 7) is 5.50. The molecule has 1 aromatic heterocycles. The summed E-state index contributed by atoms with van der Waals surface area (Å²) >= 11 is 0. The number of aromatic nitrogens is 2. The van der Waals surface area contributed by atoms with Crippen LogP contribution in [0.25, 0.3) is 0 Å². The molecule has 0 unspecified atom stereocenters. The third-order valence-corrected chi connectivity index (χ3v) is 3.40. The van der Waals surface area contributed by atoms with Crippen LogP contribution in [-0.4, -0.2) is 46.0 Å². The van der Waals surface area contributed by atoms with Crippen molar-refractivity contribution in [2.45, 2.75) is 26.2 Å². The molecule has 1 aliphatic heterocycles. The highest BCUT2D eigenvalue weighted by atomic mass is 16.6. The molecule has 0 amide bonds. The maximum atomic E-state index is 11.0. The number of nitrogens with one attached hydrogen (secondary N) is 1. The minimum atomic E-state index is -0.475. The van der Waals surface area contributed by atoms with Gasteiger partial charge in [-0.3, -0.25) is 10.1 Å². The third-order valence-electron chi connectivity index (χ3n) is 3.40. The minimum absolute atomic E-state index is 0.0511. The van der Waals surface area contributed by atoms with E-state index in [4.69, 9.17) is 5.73 Å². The summed E-state index contributed by atoms with van der Waals surface area (Å²) in [7, 11) is 0. The fourth-order valence-corrected chi connectivity index (χ4v) is 2.45. The van der Waals surface area contributed by atoms with Crippen LogP contribution in [0.1, 0.15) is 25.0 Å². The zero-order valence-corrected chi connectivity index (χ0v) is 11.6. The topological polar surface area (TPSA) is 110 Å². The zero-order valence-electron chi connectivity index (χ0n) is 11.6. The first kappa shape index (κ1) is 14.4. The Hall–Kier alpha value is -1.96. The number of hydrogen-bond donors (Lipinski definition) is 2. The van der Waals surface area contributed by atoms with E-state index in [2.05, 4.69) is 20.2 Å². The molecule has 1 fully saturated rings. The summed E-state index contributed by atoms with van der Waals surface area (Å²) in [5, 5.41) is 14.0. The van der Waals surface area contributed by atoms with Crippen LogP contribution in [0.4, 0.5) is 17.5 Å². The van der Waals surface area contributed by atoms with E-state index in [-0.39, 0.29) is 23.1 Å². The molecule has 0 aromatic carbocycles. The maximum Gasteiger partial charge on any atom is 0.332 e. The lowest BCUT2D eigenvalue weighted by molar-refractivity contribution is -0.385. The Kier molecular flexibility index (Phi) is 4.67. The van der Waals surface area contributed by atoms with Gasteiger partial charge in [-0.1, -0.05) is 0 Å². The van der Waals surface area contributed by atoms with Gasteiger partial charge in [-0.2, -0.15) is 4.98 Å². The SMILES string of the molecule is Cc1nc(N)nc(NCCCN2CCCC2)c1[N+](=O)[O-]. The molecule has 0 radical (unpaired) electrons. The highest BCUT2D eigenvalue weighted by molar-refractivity contribution is 5.60. The second kappa shape index (κ2) is 6.47. The largest absolute Gasteiger partial charge is 0.368 e. The van der Waals surface area contributed by atoms with Crippen LogP contribution in [0.2, 0.25) is 0 Å². The number of aryl methyl sites for hydroxylation is 1. The van der Waals surface area contributed by atoms with Gasteiger partial charge < -0.3 is 16.0 Å². The van der Waals surface area contributed by atoms with Gasteiger partial charge >= 0.3 is 5.69 Å². The van der Waals surface area contributed by atoms with E-state index in [0.717, 1.165) is 26.1 Å². The Morgan fingerprint density at radius 1 is 1.40 bits per heavy atom. The Morgan fingerprint density at radius 2 is 2.10 bits per heavy atom. The van der Waals surface area contributed by atoms with Crippen LogP contribution in [0.15, 0.2) is 0 Å². The minimum Gasteiger partial charge on any atom is -0.368 e. The van der Waals surface area contributed by atoms with Crippen LogP contribution in [0, 0.1) is 17.0 Å². The lowest BCUT2D eigenvalue weighted by atomic mass is 10.3. The number of nitrogens with two attached hydrogens (primary N) is 1. The summed E-state index contributed by atoms with van der Waals surface area (Å²) in [6, 6.07) is 0. The van der Waals surface area contributed by atoms with Crippen molar-refractivity contribution in [3.8, 4) is 0 Å². The summed E-state index contributed by atoms with van der Waals surface area (Å²) in [6.07, 6.45) is 3.45. The molecule has 110 valence electrons. The number of rotatable bonds is 6. The molecule has 2 heterocycles. The third kappa shape index (κ3) is 3.53. The van der Waals surface area contributed by atoms with Crippen LogP contribution >= 0.6 is 0 Å².